The molecule has 2 atom stereocenters. The van der Waals surface area contributed by atoms with Crippen molar-refractivity contribution < 1.29 is 14.5 Å². The molecule has 2 aliphatic heterocycles. The molecule has 29 heavy (non-hydrogen) atoms. The highest BCUT2D eigenvalue weighted by Gasteiger charge is 2.40. The third kappa shape index (κ3) is 5.45. The van der Waals surface area contributed by atoms with E-state index in [1.807, 2.05) is 18.7 Å². The predicted octanol–water partition coefficient (Wildman–Crippen LogP) is 1.67. The summed E-state index contributed by atoms with van der Waals surface area (Å²) in [5.41, 5.74) is 2.46. The SMILES string of the molecule is CC[C@H]1S[C@@H](c2ccc(C)cc2)N(CC[NH+]2CCN(C(=O)NC(C)C)CC2)C1=O. The standard InChI is InChI=1S/C22H34N4O2S/c1-5-19-20(27)26(21(29-19)18-8-6-17(4)7-9-18)15-12-24-10-13-25(14-11-24)22(28)23-16(2)3/h6-9,16,19,21H,5,10-15H2,1-4H3,(H,23,28)/p+1/t19-,21+/m1/s1. The number of rotatable bonds is 6. The summed E-state index contributed by atoms with van der Waals surface area (Å²) < 4.78 is 0. The minimum Gasteiger partial charge on any atom is -0.336 e. The van der Waals surface area contributed by atoms with Gasteiger partial charge in [0.25, 0.3) is 0 Å². The Morgan fingerprint density at radius 2 is 1.90 bits per heavy atom. The number of hydrogen-bond donors (Lipinski definition) is 2. The predicted molar refractivity (Wildman–Crippen MR) is 118 cm³/mol. The van der Waals surface area contributed by atoms with Gasteiger partial charge in [0.2, 0.25) is 5.91 Å². The Morgan fingerprint density at radius 1 is 1.24 bits per heavy atom. The average Bonchev–Trinajstić information content (AvgIpc) is 3.02. The third-order valence-corrected chi connectivity index (χ3v) is 7.39. The number of nitrogens with zero attached hydrogens (tertiary/aromatic N) is 2. The lowest BCUT2D eigenvalue weighted by atomic mass is 10.1. The molecule has 0 saturated carbocycles. The van der Waals surface area contributed by atoms with Gasteiger partial charge in [0.05, 0.1) is 44.5 Å². The molecule has 3 amide bonds. The van der Waals surface area contributed by atoms with Crippen molar-refractivity contribution in [2.75, 3.05) is 39.3 Å². The summed E-state index contributed by atoms with van der Waals surface area (Å²) in [6, 6.07) is 8.77. The fraction of sp³-hybridized carbons (Fsp3) is 0.636. The molecule has 0 radical (unpaired) electrons. The molecule has 2 heterocycles. The van der Waals surface area contributed by atoms with E-state index >= 15 is 0 Å². The summed E-state index contributed by atoms with van der Waals surface area (Å²) in [7, 11) is 0. The van der Waals surface area contributed by atoms with Gasteiger partial charge in [0.1, 0.15) is 5.37 Å². The van der Waals surface area contributed by atoms with Crippen LogP contribution in [0.5, 0.6) is 0 Å². The van der Waals surface area contributed by atoms with Crippen LogP contribution in [0.2, 0.25) is 0 Å². The Balaban J connectivity index is 1.56. The van der Waals surface area contributed by atoms with Crippen LogP contribution in [0.3, 0.4) is 0 Å². The molecule has 0 aliphatic carbocycles. The zero-order valence-corrected chi connectivity index (χ0v) is 18.9. The van der Waals surface area contributed by atoms with Crippen molar-refractivity contribution in [3.05, 3.63) is 35.4 Å². The van der Waals surface area contributed by atoms with E-state index in [4.69, 9.17) is 0 Å². The van der Waals surface area contributed by atoms with Crippen molar-refractivity contribution in [1.82, 2.24) is 15.1 Å². The van der Waals surface area contributed by atoms with Crippen LogP contribution in [-0.2, 0) is 4.79 Å². The molecule has 2 N–H and O–H groups in total. The first-order valence-corrected chi connectivity index (χ1v) is 11.7. The van der Waals surface area contributed by atoms with E-state index in [0.717, 1.165) is 45.7 Å². The number of benzene rings is 1. The molecule has 2 saturated heterocycles. The number of piperazine rings is 1. The second-order valence-electron chi connectivity index (χ2n) is 8.42. The first-order valence-electron chi connectivity index (χ1n) is 10.8. The van der Waals surface area contributed by atoms with Crippen LogP contribution in [0, 0.1) is 6.92 Å². The highest BCUT2D eigenvalue weighted by molar-refractivity contribution is 8.01. The summed E-state index contributed by atoms with van der Waals surface area (Å²) >= 11 is 1.79. The second-order valence-corrected chi connectivity index (χ2v) is 9.71. The van der Waals surface area contributed by atoms with Gasteiger partial charge in [-0.25, -0.2) is 4.79 Å². The van der Waals surface area contributed by atoms with E-state index in [0.29, 0.717) is 0 Å². The summed E-state index contributed by atoms with van der Waals surface area (Å²) in [5.74, 6) is 0.275. The van der Waals surface area contributed by atoms with Crippen molar-refractivity contribution in [3.8, 4) is 0 Å². The molecule has 0 spiro atoms. The second kappa shape index (κ2) is 9.85. The van der Waals surface area contributed by atoms with Crippen LogP contribution in [0.25, 0.3) is 0 Å². The van der Waals surface area contributed by atoms with Crippen molar-refractivity contribution in [3.63, 3.8) is 0 Å². The lowest BCUT2D eigenvalue weighted by Gasteiger charge is -2.34. The van der Waals surface area contributed by atoms with E-state index in [-0.39, 0.29) is 28.6 Å². The zero-order valence-electron chi connectivity index (χ0n) is 18.1. The molecule has 2 fully saturated rings. The summed E-state index contributed by atoms with van der Waals surface area (Å²) in [6.07, 6.45) is 0.874. The highest BCUT2D eigenvalue weighted by Crippen LogP contribution is 2.43. The largest absolute Gasteiger partial charge is 0.336 e. The van der Waals surface area contributed by atoms with E-state index in [1.54, 1.807) is 11.8 Å². The maximum absolute atomic E-state index is 12.9. The number of amides is 3. The fourth-order valence-electron chi connectivity index (χ4n) is 3.97. The highest BCUT2D eigenvalue weighted by atomic mass is 32.2. The minimum atomic E-state index is 0.0374. The minimum absolute atomic E-state index is 0.0374. The topological polar surface area (TPSA) is 57.1 Å². The van der Waals surface area contributed by atoms with Gasteiger partial charge < -0.3 is 20.0 Å². The molecule has 7 heteroatoms. The van der Waals surface area contributed by atoms with Crippen LogP contribution < -0.4 is 10.2 Å². The maximum atomic E-state index is 12.9. The molecule has 0 unspecified atom stereocenters. The van der Waals surface area contributed by atoms with Gasteiger partial charge in [-0.05, 0) is 32.8 Å². The maximum Gasteiger partial charge on any atom is 0.318 e. The zero-order chi connectivity index (χ0) is 21.0. The van der Waals surface area contributed by atoms with Crippen LogP contribution in [0.4, 0.5) is 4.79 Å². The Bertz CT molecular complexity index is 701. The molecular weight excluding hydrogens is 384 g/mol. The molecule has 3 rings (SSSR count). The molecule has 1 aromatic rings. The Labute approximate surface area is 179 Å². The summed E-state index contributed by atoms with van der Waals surface area (Å²) in [6.45, 7) is 13.3. The number of carbonyl (C=O) groups excluding carboxylic acids is 2. The molecule has 0 aromatic heterocycles. The smallest absolute Gasteiger partial charge is 0.318 e. The number of quaternary nitrogens is 1. The lowest BCUT2D eigenvalue weighted by Crippen LogP contribution is -3.15. The third-order valence-electron chi connectivity index (χ3n) is 5.74. The number of aryl methyl sites for hydroxylation is 1. The van der Waals surface area contributed by atoms with Gasteiger partial charge >= 0.3 is 6.03 Å². The Morgan fingerprint density at radius 3 is 2.48 bits per heavy atom. The van der Waals surface area contributed by atoms with Crippen molar-refractivity contribution in [1.29, 1.82) is 0 Å². The van der Waals surface area contributed by atoms with E-state index in [1.165, 1.54) is 16.0 Å². The fourth-order valence-corrected chi connectivity index (χ4v) is 5.39. The number of urea groups is 1. The van der Waals surface area contributed by atoms with E-state index < -0.39 is 0 Å². The number of thioether (sulfide) groups is 1. The van der Waals surface area contributed by atoms with Gasteiger partial charge in [-0.15, -0.1) is 11.8 Å². The van der Waals surface area contributed by atoms with Gasteiger partial charge in [-0.3, -0.25) is 4.79 Å². The van der Waals surface area contributed by atoms with Crippen molar-refractivity contribution >= 4 is 23.7 Å². The first-order chi connectivity index (χ1) is 13.9. The number of nitrogens with one attached hydrogen (secondary N) is 2. The van der Waals surface area contributed by atoms with Gasteiger partial charge in [0, 0.05) is 6.04 Å². The molecule has 1 aromatic carbocycles. The lowest BCUT2D eigenvalue weighted by molar-refractivity contribution is -0.903. The molecular formula is C22H35N4O2S+. The monoisotopic (exact) mass is 419 g/mol. The first kappa shape index (κ1) is 22.0. The van der Waals surface area contributed by atoms with Gasteiger partial charge in [-0.1, -0.05) is 36.8 Å². The molecule has 160 valence electrons. The van der Waals surface area contributed by atoms with E-state index in [9.17, 15) is 9.59 Å². The van der Waals surface area contributed by atoms with Crippen LogP contribution in [0.1, 0.15) is 43.7 Å². The van der Waals surface area contributed by atoms with Crippen molar-refractivity contribution in [2.45, 2.75) is 50.8 Å². The molecule has 0 bridgehead atoms. The Kier molecular flexibility index (Phi) is 7.46. The van der Waals surface area contributed by atoms with Gasteiger partial charge in [-0.2, -0.15) is 0 Å². The van der Waals surface area contributed by atoms with Crippen LogP contribution >= 0.6 is 11.8 Å². The Hall–Kier alpha value is -1.73. The average molecular weight is 420 g/mol. The number of carbonyl (C=O) groups is 2. The van der Waals surface area contributed by atoms with Gasteiger partial charge in [0.15, 0.2) is 0 Å². The van der Waals surface area contributed by atoms with E-state index in [2.05, 4.69) is 48.3 Å². The van der Waals surface area contributed by atoms with Crippen LogP contribution in [-0.4, -0.2) is 72.3 Å². The molecule has 6 nitrogen and oxygen atoms in total. The number of hydrogen-bond acceptors (Lipinski definition) is 3. The van der Waals surface area contributed by atoms with Crippen LogP contribution in [0.15, 0.2) is 24.3 Å². The summed E-state index contributed by atoms with van der Waals surface area (Å²) in [5, 5.41) is 3.15. The quantitative estimate of drug-likeness (QED) is 0.738. The normalized spacial score (nSPS) is 23.1. The molecule has 2 aliphatic rings. The van der Waals surface area contributed by atoms with Crippen molar-refractivity contribution in [2.24, 2.45) is 0 Å². The summed E-state index contributed by atoms with van der Waals surface area (Å²) in [4.78, 5) is 30.6.